The Bertz CT molecular complexity index is 509. The fourth-order valence-electron chi connectivity index (χ4n) is 2.82. The van der Waals surface area contributed by atoms with Gasteiger partial charge in [-0.1, -0.05) is 18.2 Å². The molecule has 2 aliphatic rings. The van der Waals surface area contributed by atoms with Crippen molar-refractivity contribution in [1.29, 1.82) is 0 Å². The summed E-state index contributed by atoms with van der Waals surface area (Å²) in [6, 6.07) is 5.16. The fourth-order valence-corrected chi connectivity index (χ4v) is 2.82. The van der Waals surface area contributed by atoms with E-state index in [0.717, 1.165) is 29.7 Å². The summed E-state index contributed by atoms with van der Waals surface area (Å²) in [6.45, 7) is 0. The van der Waals surface area contributed by atoms with Gasteiger partial charge in [0.15, 0.2) is 0 Å². The van der Waals surface area contributed by atoms with E-state index < -0.39 is 12.0 Å². The van der Waals surface area contributed by atoms with Crippen LogP contribution in [-0.4, -0.2) is 23.0 Å². The highest BCUT2D eigenvalue weighted by atomic mass is 16.4. The number of aliphatic carboxylic acids is 1. The normalized spacial score (nSPS) is 22.2. The highest BCUT2D eigenvalue weighted by Gasteiger charge is 2.40. The molecule has 0 saturated carbocycles. The van der Waals surface area contributed by atoms with Crippen LogP contribution in [0.4, 0.5) is 5.69 Å². The lowest BCUT2D eigenvalue weighted by atomic mass is 10.0. The lowest BCUT2D eigenvalue weighted by Crippen LogP contribution is -2.42. The smallest absolute Gasteiger partial charge is 0.327 e. The predicted molar refractivity (Wildman–Crippen MR) is 62.0 cm³/mol. The molecule has 1 atom stereocenters. The largest absolute Gasteiger partial charge is 0.480 e. The van der Waals surface area contributed by atoms with Gasteiger partial charge in [-0.2, -0.15) is 0 Å². The third-order valence-corrected chi connectivity index (χ3v) is 3.56. The Balaban J connectivity index is 2.17. The molecule has 0 aliphatic carbocycles. The van der Waals surface area contributed by atoms with Gasteiger partial charge in [-0.25, -0.2) is 4.79 Å². The van der Waals surface area contributed by atoms with Gasteiger partial charge in [0, 0.05) is 12.8 Å². The van der Waals surface area contributed by atoms with E-state index in [1.807, 2.05) is 18.2 Å². The maximum atomic E-state index is 12.0. The van der Waals surface area contributed by atoms with E-state index in [-0.39, 0.29) is 5.91 Å². The zero-order valence-electron chi connectivity index (χ0n) is 9.35. The summed E-state index contributed by atoms with van der Waals surface area (Å²) in [5.74, 6) is -0.969. The van der Waals surface area contributed by atoms with E-state index in [0.29, 0.717) is 12.8 Å². The lowest BCUT2D eigenvalue weighted by molar-refractivity contribution is -0.139. The number of nitrogens with zero attached hydrogens (tertiary/aromatic N) is 1. The number of carbonyl (C=O) groups excluding carboxylic acids is 1. The molecule has 88 valence electrons. The molecule has 0 radical (unpaired) electrons. The molecule has 0 aromatic heterocycles. The summed E-state index contributed by atoms with van der Waals surface area (Å²) in [5, 5.41) is 9.22. The van der Waals surface area contributed by atoms with Gasteiger partial charge < -0.3 is 5.11 Å². The molecule has 1 amide bonds. The number of hydrogen-bond donors (Lipinski definition) is 1. The maximum absolute atomic E-state index is 12.0. The molecule has 3 rings (SSSR count). The standard InChI is InChI=1S/C13H13NO3/c15-11-6-2-4-8-3-1-5-9-7-10(13(16)17)14(11)12(8)9/h1,3,5,10H,2,4,6-7H2,(H,16,17). The Morgan fingerprint density at radius 2 is 2.06 bits per heavy atom. The molecule has 0 saturated heterocycles. The summed E-state index contributed by atoms with van der Waals surface area (Å²) in [4.78, 5) is 24.8. The van der Waals surface area contributed by atoms with Crippen LogP contribution in [0.3, 0.4) is 0 Å². The van der Waals surface area contributed by atoms with Crippen molar-refractivity contribution >= 4 is 17.6 Å². The second kappa shape index (κ2) is 3.58. The number of benzene rings is 1. The van der Waals surface area contributed by atoms with E-state index in [2.05, 4.69) is 0 Å². The molecule has 17 heavy (non-hydrogen) atoms. The number of amides is 1. The van der Waals surface area contributed by atoms with E-state index in [9.17, 15) is 14.7 Å². The molecule has 0 spiro atoms. The zero-order valence-corrected chi connectivity index (χ0v) is 9.35. The molecule has 4 nitrogen and oxygen atoms in total. The topological polar surface area (TPSA) is 57.6 Å². The van der Waals surface area contributed by atoms with Crippen LogP contribution in [0.25, 0.3) is 0 Å². The van der Waals surface area contributed by atoms with Crippen LogP contribution in [0.15, 0.2) is 18.2 Å². The van der Waals surface area contributed by atoms with Gasteiger partial charge in [-0.15, -0.1) is 0 Å². The first-order valence-electron chi connectivity index (χ1n) is 5.84. The Hall–Kier alpha value is -1.84. The number of carbonyl (C=O) groups is 2. The van der Waals surface area contributed by atoms with Crippen molar-refractivity contribution in [2.75, 3.05) is 4.90 Å². The van der Waals surface area contributed by atoms with Gasteiger partial charge in [0.05, 0.1) is 5.69 Å². The van der Waals surface area contributed by atoms with Gasteiger partial charge in [-0.3, -0.25) is 9.69 Å². The van der Waals surface area contributed by atoms with E-state index in [1.165, 1.54) is 4.90 Å². The number of aryl methyl sites for hydroxylation is 1. The Kier molecular flexibility index (Phi) is 2.18. The Morgan fingerprint density at radius 1 is 1.29 bits per heavy atom. The molecule has 0 bridgehead atoms. The number of para-hydroxylation sites is 1. The molecule has 2 aliphatic heterocycles. The van der Waals surface area contributed by atoms with E-state index >= 15 is 0 Å². The third-order valence-electron chi connectivity index (χ3n) is 3.56. The first-order chi connectivity index (χ1) is 8.18. The second-order valence-electron chi connectivity index (χ2n) is 4.60. The van der Waals surface area contributed by atoms with Crippen LogP contribution in [0.5, 0.6) is 0 Å². The van der Waals surface area contributed by atoms with Crippen LogP contribution in [0, 0.1) is 0 Å². The minimum absolute atomic E-state index is 0.0545. The molecule has 1 N–H and O–H groups in total. The summed E-state index contributed by atoms with van der Waals surface area (Å²) < 4.78 is 0. The van der Waals surface area contributed by atoms with Crippen molar-refractivity contribution < 1.29 is 14.7 Å². The minimum Gasteiger partial charge on any atom is -0.480 e. The zero-order chi connectivity index (χ0) is 12.0. The van der Waals surface area contributed by atoms with Crippen LogP contribution in [0.1, 0.15) is 24.0 Å². The van der Waals surface area contributed by atoms with Crippen molar-refractivity contribution in [1.82, 2.24) is 0 Å². The number of rotatable bonds is 1. The first kappa shape index (κ1) is 10.3. The quantitative estimate of drug-likeness (QED) is 0.794. The van der Waals surface area contributed by atoms with E-state index in [4.69, 9.17) is 0 Å². The maximum Gasteiger partial charge on any atom is 0.327 e. The van der Waals surface area contributed by atoms with Crippen LogP contribution in [-0.2, 0) is 22.4 Å². The van der Waals surface area contributed by atoms with Crippen molar-refractivity contribution in [3.8, 4) is 0 Å². The van der Waals surface area contributed by atoms with Crippen molar-refractivity contribution in [3.05, 3.63) is 29.3 Å². The highest BCUT2D eigenvalue weighted by molar-refractivity contribution is 6.03. The number of anilines is 1. The molecule has 1 aromatic carbocycles. The molecule has 1 aromatic rings. The Labute approximate surface area is 98.9 Å². The molecule has 1 unspecified atom stereocenters. The molecule has 4 heteroatoms. The highest BCUT2D eigenvalue weighted by Crippen LogP contribution is 2.38. The van der Waals surface area contributed by atoms with Crippen LogP contribution < -0.4 is 4.90 Å². The molecular weight excluding hydrogens is 218 g/mol. The van der Waals surface area contributed by atoms with Gasteiger partial charge in [0.25, 0.3) is 0 Å². The molecule has 0 fully saturated rings. The lowest BCUT2D eigenvalue weighted by Gasteiger charge is -2.22. The van der Waals surface area contributed by atoms with Gasteiger partial charge >= 0.3 is 5.97 Å². The second-order valence-corrected chi connectivity index (χ2v) is 4.60. The third kappa shape index (κ3) is 1.44. The number of hydrogen-bond acceptors (Lipinski definition) is 2. The van der Waals surface area contributed by atoms with Crippen molar-refractivity contribution in [2.45, 2.75) is 31.7 Å². The monoisotopic (exact) mass is 231 g/mol. The average Bonchev–Trinajstić information content (AvgIpc) is 2.60. The first-order valence-corrected chi connectivity index (χ1v) is 5.84. The van der Waals surface area contributed by atoms with E-state index in [1.54, 1.807) is 0 Å². The summed E-state index contributed by atoms with van der Waals surface area (Å²) in [6.07, 6.45) is 2.54. The minimum atomic E-state index is -0.914. The number of carboxylic acid groups (broad SMARTS) is 1. The summed E-state index contributed by atoms with van der Waals surface area (Å²) >= 11 is 0. The Morgan fingerprint density at radius 3 is 2.82 bits per heavy atom. The SMILES string of the molecule is O=C(O)C1Cc2cccc3c2N1C(=O)CCC3. The summed E-state index contributed by atoms with van der Waals surface area (Å²) in [7, 11) is 0. The number of carboxylic acids is 1. The molecule has 2 heterocycles. The van der Waals surface area contributed by atoms with Crippen molar-refractivity contribution in [3.63, 3.8) is 0 Å². The van der Waals surface area contributed by atoms with Crippen molar-refractivity contribution in [2.24, 2.45) is 0 Å². The van der Waals surface area contributed by atoms with Gasteiger partial charge in [0.2, 0.25) is 5.91 Å². The van der Waals surface area contributed by atoms with Gasteiger partial charge in [-0.05, 0) is 24.0 Å². The fraction of sp³-hybridized carbons (Fsp3) is 0.385. The van der Waals surface area contributed by atoms with Crippen LogP contribution in [0.2, 0.25) is 0 Å². The van der Waals surface area contributed by atoms with Crippen LogP contribution >= 0.6 is 0 Å². The summed E-state index contributed by atoms with van der Waals surface area (Å²) in [5.41, 5.74) is 2.96. The molecular formula is C13H13NO3. The van der Waals surface area contributed by atoms with Gasteiger partial charge in [0.1, 0.15) is 6.04 Å². The average molecular weight is 231 g/mol. The predicted octanol–water partition coefficient (Wildman–Crippen LogP) is 1.37.